The molecule has 3 amide bonds. The highest BCUT2D eigenvalue weighted by Gasteiger charge is 2.39. The number of nitrogens with one attached hydrogen (secondary N) is 2. The molecule has 1 fully saturated rings. The van der Waals surface area contributed by atoms with E-state index < -0.39 is 23.8 Å². The molecule has 3 heterocycles. The van der Waals surface area contributed by atoms with Crippen molar-refractivity contribution >= 4 is 56.0 Å². The zero-order chi connectivity index (χ0) is 24.5. The van der Waals surface area contributed by atoms with Crippen LogP contribution in [-0.2, 0) is 14.3 Å². The van der Waals surface area contributed by atoms with Crippen LogP contribution in [-0.4, -0.2) is 50.4 Å². The van der Waals surface area contributed by atoms with Crippen molar-refractivity contribution in [1.29, 1.82) is 0 Å². The number of halogens is 1. The summed E-state index contributed by atoms with van der Waals surface area (Å²) in [5, 5.41) is 5.52. The minimum Gasteiger partial charge on any atom is -0.444 e. The summed E-state index contributed by atoms with van der Waals surface area (Å²) < 4.78 is 8.12. The molecule has 1 saturated heterocycles. The molecule has 2 aromatic heterocycles. The smallest absolute Gasteiger partial charge is 0.408 e. The fourth-order valence-electron chi connectivity index (χ4n) is 3.86. The van der Waals surface area contributed by atoms with Gasteiger partial charge in [0.25, 0.3) is 5.91 Å². The lowest BCUT2D eigenvalue weighted by atomic mass is 10.0. The zero-order valence-corrected chi connectivity index (χ0v) is 21.5. The number of anilines is 1. The molecule has 0 spiro atoms. The summed E-state index contributed by atoms with van der Waals surface area (Å²) in [6, 6.07) is 7.32. The molecule has 2 N–H and O–H groups in total. The number of amides is 3. The number of fused-ring (bicyclic) bond motifs is 1. The Morgan fingerprint density at radius 1 is 1.21 bits per heavy atom. The van der Waals surface area contributed by atoms with Crippen LogP contribution in [0, 0.1) is 0 Å². The average molecular weight is 548 g/mol. The van der Waals surface area contributed by atoms with E-state index in [2.05, 4.69) is 31.5 Å². The van der Waals surface area contributed by atoms with E-state index in [1.165, 1.54) is 16.2 Å². The molecule has 0 bridgehead atoms. The summed E-state index contributed by atoms with van der Waals surface area (Å²) >= 11 is 4.86. The summed E-state index contributed by atoms with van der Waals surface area (Å²) in [5.74, 6) is -0.237. The molecular formula is C23H26BrN5O4S. The number of imidazole rings is 1. The maximum absolute atomic E-state index is 13.6. The molecular weight excluding hydrogens is 522 g/mol. The van der Waals surface area contributed by atoms with Crippen molar-refractivity contribution in [3.05, 3.63) is 52.1 Å². The fourth-order valence-corrected chi connectivity index (χ4v) is 5.22. The van der Waals surface area contributed by atoms with Gasteiger partial charge in [0.2, 0.25) is 5.91 Å². The minimum atomic E-state index is -0.972. The van der Waals surface area contributed by atoms with E-state index in [4.69, 9.17) is 4.74 Å². The quantitative estimate of drug-likeness (QED) is 0.493. The van der Waals surface area contributed by atoms with Gasteiger partial charge in [-0.2, -0.15) is 0 Å². The lowest BCUT2D eigenvalue weighted by molar-refractivity contribution is -0.138. The standard InChI is InChI=1S/C23H26BrN5O4S/c1-23(2,3)33-22(32)27-18(14-8-5-4-6-9-14)20(31)29-11-7-10-15(29)19(30)25-17-13-28-12-16(24)34-21(28)26-17/h4-6,8-9,12-13,15,18H,7,10-11H2,1-3H3,(H,25,30)(H,27,32)/t15-,18+/m0/s1. The average Bonchev–Trinajstić information content (AvgIpc) is 3.45. The van der Waals surface area contributed by atoms with Gasteiger partial charge in [-0.05, 0) is 55.1 Å². The van der Waals surface area contributed by atoms with E-state index in [9.17, 15) is 14.4 Å². The van der Waals surface area contributed by atoms with Gasteiger partial charge in [0.1, 0.15) is 17.7 Å². The SMILES string of the molecule is CC(C)(C)OC(=O)N[C@@H](C(=O)N1CCC[C@H]1C(=O)Nc1cn2cc(Br)sc2n1)c1ccccc1. The molecule has 1 aliphatic rings. The highest BCUT2D eigenvalue weighted by atomic mass is 79.9. The third-order valence-corrected chi connectivity index (χ3v) is 6.73. The van der Waals surface area contributed by atoms with E-state index in [0.29, 0.717) is 30.8 Å². The number of rotatable bonds is 5. The van der Waals surface area contributed by atoms with E-state index in [1.807, 2.05) is 16.7 Å². The van der Waals surface area contributed by atoms with E-state index >= 15 is 0 Å². The summed E-state index contributed by atoms with van der Waals surface area (Å²) in [5.41, 5.74) is -0.0949. The van der Waals surface area contributed by atoms with Crippen LogP contribution in [0.25, 0.3) is 4.96 Å². The van der Waals surface area contributed by atoms with Gasteiger partial charge in [0.05, 0.1) is 9.98 Å². The lowest BCUT2D eigenvalue weighted by Crippen LogP contribution is -2.49. The van der Waals surface area contributed by atoms with Crippen LogP contribution in [0.4, 0.5) is 10.6 Å². The first-order chi connectivity index (χ1) is 16.1. The number of hydrogen-bond donors (Lipinski definition) is 2. The molecule has 1 aliphatic heterocycles. The molecule has 0 radical (unpaired) electrons. The predicted molar refractivity (Wildman–Crippen MR) is 133 cm³/mol. The first-order valence-corrected chi connectivity index (χ1v) is 12.5. The molecule has 0 saturated carbocycles. The van der Waals surface area contributed by atoms with Gasteiger partial charge in [-0.15, -0.1) is 0 Å². The van der Waals surface area contributed by atoms with Crippen molar-refractivity contribution in [3.8, 4) is 0 Å². The molecule has 4 rings (SSSR count). The summed E-state index contributed by atoms with van der Waals surface area (Å²) in [6.07, 6.45) is 4.11. The van der Waals surface area contributed by atoms with Crippen molar-refractivity contribution < 1.29 is 19.1 Å². The molecule has 0 aliphatic carbocycles. The Morgan fingerprint density at radius 3 is 2.62 bits per heavy atom. The number of aromatic nitrogens is 2. The molecule has 0 unspecified atom stereocenters. The minimum absolute atomic E-state index is 0.306. The van der Waals surface area contributed by atoms with Crippen molar-refractivity contribution in [3.63, 3.8) is 0 Å². The first-order valence-electron chi connectivity index (χ1n) is 10.9. The third-order valence-electron chi connectivity index (χ3n) is 5.26. The Labute approximate surface area is 209 Å². The highest BCUT2D eigenvalue weighted by molar-refractivity contribution is 9.11. The van der Waals surface area contributed by atoms with Crippen LogP contribution in [0.2, 0.25) is 0 Å². The molecule has 180 valence electrons. The fraction of sp³-hybridized carbons (Fsp3) is 0.391. The second-order valence-electron chi connectivity index (χ2n) is 9.02. The summed E-state index contributed by atoms with van der Waals surface area (Å²) in [4.78, 5) is 45.9. The Balaban J connectivity index is 1.51. The van der Waals surface area contributed by atoms with Gasteiger partial charge in [0.15, 0.2) is 10.8 Å². The number of alkyl carbamates (subject to hydrolysis) is 1. The highest BCUT2D eigenvalue weighted by Crippen LogP contribution is 2.27. The third kappa shape index (κ3) is 5.58. The number of hydrogen-bond acceptors (Lipinski definition) is 6. The molecule has 11 heteroatoms. The second-order valence-corrected chi connectivity index (χ2v) is 11.4. The van der Waals surface area contributed by atoms with E-state index in [1.54, 1.807) is 51.2 Å². The van der Waals surface area contributed by atoms with Gasteiger partial charge in [-0.3, -0.25) is 14.0 Å². The Morgan fingerprint density at radius 2 is 1.94 bits per heavy atom. The van der Waals surface area contributed by atoms with Crippen molar-refractivity contribution in [2.75, 3.05) is 11.9 Å². The summed E-state index contributed by atoms with van der Waals surface area (Å²) in [7, 11) is 0. The topological polar surface area (TPSA) is 105 Å². The van der Waals surface area contributed by atoms with Crippen LogP contribution in [0.5, 0.6) is 0 Å². The maximum atomic E-state index is 13.6. The van der Waals surface area contributed by atoms with Gasteiger partial charge < -0.3 is 20.3 Å². The van der Waals surface area contributed by atoms with Crippen LogP contribution in [0.3, 0.4) is 0 Å². The maximum Gasteiger partial charge on any atom is 0.408 e. The van der Waals surface area contributed by atoms with Crippen molar-refractivity contribution in [2.45, 2.75) is 51.3 Å². The molecule has 9 nitrogen and oxygen atoms in total. The normalized spacial score (nSPS) is 16.9. The number of carbonyl (C=O) groups is 3. The number of benzene rings is 1. The number of carbonyl (C=O) groups excluding carboxylic acids is 3. The van der Waals surface area contributed by atoms with Gasteiger partial charge >= 0.3 is 6.09 Å². The zero-order valence-electron chi connectivity index (χ0n) is 19.1. The van der Waals surface area contributed by atoms with Gasteiger partial charge in [-0.1, -0.05) is 41.7 Å². The molecule has 3 aromatic rings. The Kier molecular flexibility index (Phi) is 6.94. The number of nitrogens with zero attached hydrogens (tertiary/aromatic N) is 3. The second kappa shape index (κ2) is 9.75. The molecule has 34 heavy (non-hydrogen) atoms. The number of thiazole rings is 1. The van der Waals surface area contributed by atoms with Crippen LogP contribution in [0.1, 0.15) is 45.2 Å². The van der Waals surface area contributed by atoms with Crippen LogP contribution in [0.15, 0.2) is 46.5 Å². The van der Waals surface area contributed by atoms with Gasteiger partial charge in [-0.25, -0.2) is 9.78 Å². The summed E-state index contributed by atoms with van der Waals surface area (Å²) in [6.45, 7) is 5.68. The molecule has 2 atom stereocenters. The number of ether oxygens (including phenoxy) is 1. The van der Waals surface area contributed by atoms with Crippen LogP contribution < -0.4 is 10.6 Å². The predicted octanol–water partition coefficient (Wildman–Crippen LogP) is 4.35. The number of likely N-dealkylation sites (tertiary alicyclic amines) is 1. The van der Waals surface area contributed by atoms with E-state index in [-0.39, 0.29) is 11.8 Å². The Bertz CT molecular complexity index is 1170. The van der Waals surface area contributed by atoms with Gasteiger partial charge in [0, 0.05) is 12.7 Å². The van der Waals surface area contributed by atoms with E-state index in [0.717, 1.165) is 8.75 Å². The Hall–Kier alpha value is -2.92. The van der Waals surface area contributed by atoms with Crippen LogP contribution >= 0.6 is 27.3 Å². The largest absolute Gasteiger partial charge is 0.444 e. The molecule has 1 aromatic carbocycles. The lowest BCUT2D eigenvalue weighted by Gasteiger charge is -2.29. The first kappa shape index (κ1) is 24.2. The van der Waals surface area contributed by atoms with Crippen molar-refractivity contribution in [1.82, 2.24) is 19.6 Å². The monoisotopic (exact) mass is 547 g/mol. The van der Waals surface area contributed by atoms with Crippen molar-refractivity contribution in [2.24, 2.45) is 0 Å².